The van der Waals surface area contributed by atoms with Crippen LogP contribution in [0, 0.1) is 5.82 Å². The molecule has 1 aromatic rings. The Morgan fingerprint density at radius 2 is 2.37 bits per heavy atom. The molecule has 0 aliphatic carbocycles. The van der Waals surface area contributed by atoms with Gasteiger partial charge in [-0.05, 0) is 35.6 Å². The second-order valence-electron chi connectivity index (χ2n) is 4.85. The number of benzene rings is 1. The molecule has 19 heavy (non-hydrogen) atoms. The molecule has 0 spiro atoms. The predicted octanol–water partition coefficient (Wildman–Crippen LogP) is 2.57. The Balaban J connectivity index is 2.26. The smallest absolute Gasteiger partial charge is 0.142 e. The molecule has 0 aromatic heterocycles. The molecule has 1 aliphatic rings. The van der Waals surface area contributed by atoms with Gasteiger partial charge in [-0.15, -0.1) is 0 Å². The van der Waals surface area contributed by atoms with Gasteiger partial charge < -0.3 is 15.0 Å². The summed E-state index contributed by atoms with van der Waals surface area (Å²) in [7, 11) is 2.07. The molecule has 0 saturated carbocycles. The summed E-state index contributed by atoms with van der Waals surface area (Å²) in [6.07, 6.45) is -0.0255. The molecule has 2 atom stereocenters. The van der Waals surface area contributed by atoms with Crippen molar-refractivity contribution in [2.24, 2.45) is 0 Å². The van der Waals surface area contributed by atoms with Gasteiger partial charge in [0.05, 0.1) is 23.2 Å². The lowest BCUT2D eigenvalue weighted by Crippen LogP contribution is -2.47. The fourth-order valence-corrected chi connectivity index (χ4v) is 2.82. The SMILES string of the molecule is CCNC(c1cccc(Br)c1F)C1CN(C)CCO1. The summed E-state index contributed by atoms with van der Waals surface area (Å²) in [6, 6.07) is 5.28. The van der Waals surface area contributed by atoms with Crippen molar-refractivity contribution in [2.75, 3.05) is 33.3 Å². The molecule has 2 rings (SSSR count). The lowest BCUT2D eigenvalue weighted by Gasteiger charge is -2.36. The Bertz CT molecular complexity index is 430. The summed E-state index contributed by atoms with van der Waals surface area (Å²) in [5, 5.41) is 3.34. The first kappa shape index (κ1) is 14.9. The summed E-state index contributed by atoms with van der Waals surface area (Å²) < 4.78 is 20.6. The van der Waals surface area contributed by atoms with Crippen LogP contribution in [0.25, 0.3) is 0 Å². The lowest BCUT2D eigenvalue weighted by atomic mass is 9.99. The lowest BCUT2D eigenvalue weighted by molar-refractivity contribution is -0.0395. The van der Waals surface area contributed by atoms with Crippen molar-refractivity contribution in [1.29, 1.82) is 0 Å². The van der Waals surface area contributed by atoms with E-state index >= 15 is 0 Å². The molecule has 3 nitrogen and oxygen atoms in total. The summed E-state index contributed by atoms with van der Waals surface area (Å²) >= 11 is 3.25. The maximum atomic E-state index is 14.3. The van der Waals surface area contributed by atoms with E-state index < -0.39 is 0 Å². The molecule has 0 bridgehead atoms. The molecule has 1 fully saturated rings. The van der Waals surface area contributed by atoms with Crippen molar-refractivity contribution >= 4 is 15.9 Å². The molecule has 1 saturated heterocycles. The van der Waals surface area contributed by atoms with Crippen molar-refractivity contribution < 1.29 is 9.13 Å². The highest BCUT2D eigenvalue weighted by Crippen LogP contribution is 2.28. The van der Waals surface area contributed by atoms with Gasteiger partial charge >= 0.3 is 0 Å². The van der Waals surface area contributed by atoms with Crippen LogP contribution in [-0.2, 0) is 4.74 Å². The number of hydrogen-bond acceptors (Lipinski definition) is 3. The largest absolute Gasteiger partial charge is 0.374 e. The molecule has 0 amide bonds. The van der Waals surface area contributed by atoms with Crippen LogP contribution in [0.1, 0.15) is 18.5 Å². The third-order valence-electron chi connectivity index (χ3n) is 3.41. The first-order valence-corrected chi connectivity index (χ1v) is 7.40. The van der Waals surface area contributed by atoms with Crippen LogP contribution in [0.4, 0.5) is 4.39 Å². The number of halogens is 2. The van der Waals surface area contributed by atoms with Gasteiger partial charge in [-0.2, -0.15) is 0 Å². The minimum atomic E-state index is -0.203. The summed E-state index contributed by atoms with van der Waals surface area (Å²) in [4.78, 5) is 2.22. The van der Waals surface area contributed by atoms with Gasteiger partial charge in [0.25, 0.3) is 0 Å². The third kappa shape index (κ3) is 3.54. The molecule has 1 N–H and O–H groups in total. The zero-order valence-electron chi connectivity index (χ0n) is 11.3. The Morgan fingerprint density at radius 1 is 1.58 bits per heavy atom. The van der Waals surface area contributed by atoms with Gasteiger partial charge in [0.15, 0.2) is 0 Å². The fraction of sp³-hybridized carbons (Fsp3) is 0.571. The Kier molecular flexibility index (Phi) is 5.33. The number of rotatable bonds is 4. The van der Waals surface area contributed by atoms with Gasteiger partial charge in [0, 0.05) is 18.7 Å². The van der Waals surface area contributed by atoms with E-state index in [2.05, 4.69) is 33.2 Å². The van der Waals surface area contributed by atoms with E-state index in [9.17, 15) is 4.39 Å². The molecule has 0 radical (unpaired) electrons. The van der Waals surface area contributed by atoms with E-state index in [1.807, 2.05) is 19.1 Å². The van der Waals surface area contributed by atoms with Crippen molar-refractivity contribution in [1.82, 2.24) is 10.2 Å². The first-order chi connectivity index (χ1) is 9.13. The van der Waals surface area contributed by atoms with Crippen LogP contribution in [0.2, 0.25) is 0 Å². The van der Waals surface area contributed by atoms with Gasteiger partial charge in [-0.1, -0.05) is 19.1 Å². The average molecular weight is 331 g/mol. The number of likely N-dealkylation sites (N-methyl/N-ethyl adjacent to an activating group) is 2. The minimum Gasteiger partial charge on any atom is -0.374 e. The number of ether oxygens (including phenoxy) is 1. The van der Waals surface area contributed by atoms with E-state index in [0.29, 0.717) is 16.6 Å². The summed E-state index contributed by atoms with van der Waals surface area (Å²) in [5.74, 6) is -0.203. The molecule has 5 heteroatoms. The number of nitrogens with zero attached hydrogens (tertiary/aromatic N) is 1. The van der Waals surface area contributed by atoms with E-state index in [1.54, 1.807) is 6.07 Å². The molecule has 106 valence electrons. The molecule has 1 aliphatic heterocycles. The third-order valence-corrected chi connectivity index (χ3v) is 4.02. The minimum absolute atomic E-state index is 0.0255. The van der Waals surface area contributed by atoms with Crippen molar-refractivity contribution in [3.05, 3.63) is 34.1 Å². The predicted molar refractivity (Wildman–Crippen MR) is 77.8 cm³/mol. The summed E-state index contributed by atoms with van der Waals surface area (Å²) in [6.45, 7) is 5.23. The second-order valence-corrected chi connectivity index (χ2v) is 5.70. The summed E-state index contributed by atoms with van der Waals surface area (Å²) in [5.41, 5.74) is 0.663. The Labute approximate surface area is 122 Å². The van der Waals surface area contributed by atoms with E-state index in [-0.39, 0.29) is 18.0 Å². The Morgan fingerprint density at radius 3 is 3.05 bits per heavy atom. The van der Waals surface area contributed by atoms with E-state index in [4.69, 9.17) is 4.74 Å². The van der Waals surface area contributed by atoms with Gasteiger partial charge in [0.2, 0.25) is 0 Å². The zero-order valence-corrected chi connectivity index (χ0v) is 12.9. The maximum absolute atomic E-state index is 14.3. The van der Waals surface area contributed by atoms with Crippen molar-refractivity contribution in [2.45, 2.75) is 19.1 Å². The highest BCUT2D eigenvalue weighted by atomic mass is 79.9. The monoisotopic (exact) mass is 330 g/mol. The van der Waals surface area contributed by atoms with Crippen molar-refractivity contribution in [3.63, 3.8) is 0 Å². The molecular formula is C14H20BrFN2O. The quantitative estimate of drug-likeness (QED) is 0.918. The standard InChI is InChI=1S/C14H20BrFN2O/c1-3-17-14(12-9-18(2)7-8-19-12)10-5-4-6-11(15)13(10)16/h4-6,12,14,17H,3,7-9H2,1-2H3. The van der Waals surface area contributed by atoms with Gasteiger partial charge in [0.1, 0.15) is 5.82 Å². The highest BCUT2D eigenvalue weighted by Gasteiger charge is 2.29. The molecular weight excluding hydrogens is 311 g/mol. The number of morpholine rings is 1. The number of nitrogens with one attached hydrogen (secondary N) is 1. The fourth-order valence-electron chi connectivity index (χ4n) is 2.43. The van der Waals surface area contributed by atoms with E-state index in [0.717, 1.165) is 19.6 Å². The molecule has 1 aromatic carbocycles. The number of hydrogen-bond donors (Lipinski definition) is 1. The normalized spacial score (nSPS) is 22.4. The second kappa shape index (κ2) is 6.79. The maximum Gasteiger partial charge on any atom is 0.142 e. The van der Waals surface area contributed by atoms with Crippen LogP contribution < -0.4 is 5.32 Å². The van der Waals surface area contributed by atoms with E-state index in [1.165, 1.54) is 0 Å². The van der Waals surface area contributed by atoms with Crippen LogP contribution in [-0.4, -0.2) is 44.3 Å². The Hall–Kier alpha value is -0.490. The first-order valence-electron chi connectivity index (χ1n) is 6.61. The topological polar surface area (TPSA) is 24.5 Å². The molecule has 2 unspecified atom stereocenters. The average Bonchev–Trinajstić information content (AvgIpc) is 2.40. The van der Waals surface area contributed by atoms with Crippen LogP contribution in [0.15, 0.2) is 22.7 Å². The van der Waals surface area contributed by atoms with Crippen molar-refractivity contribution in [3.8, 4) is 0 Å². The van der Waals surface area contributed by atoms with Crippen LogP contribution in [0.3, 0.4) is 0 Å². The van der Waals surface area contributed by atoms with Gasteiger partial charge in [-0.25, -0.2) is 4.39 Å². The zero-order chi connectivity index (χ0) is 13.8. The van der Waals surface area contributed by atoms with Gasteiger partial charge in [-0.3, -0.25) is 0 Å². The van der Waals surface area contributed by atoms with Crippen LogP contribution in [0.5, 0.6) is 0 Å². The molecule has 1 heterocycles. The highest BCUT2D eigenvalue weighted by molar-refractivity contribution is 9.10. The van der Waals surface area contributed by atoms with Crippen LogP contribution >= 0.6 is 15.9 Å².